The molecule has 1 amide bonds. The molecule has 0 aromatic carbocycles. The van der Waals surface area contributed by atoms with Gasteiger partial charge in [-0.05, 0) is 25.2 Å². The van der Waals surface area contributed by atoms with E-state index in [2.05, 4.69) is 0 Å². The van der Waals surface area contributed by atoms with E-state index in [0.717, 1.165) is 25.9 Å². The van der Waals surface area contributed by atoms with Crippen LogP contribution in [0.15, 0.2) is 0 Å². The largest absolute Gasteiger partial charge is 0.336 e. The molecule has 1 saturated heterocycles. The highest BCUT2D eigenvalue weighted by Crippen LogP contribution is 2.10. The first-order valence-electron chi connectivity index (χ1n) is 5.43. The van der Waals surface area contributed by atoms with Crippen molar-refractivity contribution in [3.63, 3.8) is 0 Å². The lowest BCUT2D eigenvalue weighted by Crippen LogP contribution is -2.40. The fraction of sp³-hybridized carbons (Fsp3) is 0.818. The summed E-state index contributed by atoms with van der Waals surface area (Å²) in [4.78, 5) is 24.8. The van der Waals surface area contributed by atoms with E-state index >= 15 is 0 Å². The zero-order chi connectivity index (χ0) is 10.6. The van der Waals surface area contributed by atoms with Gasteiger partial charge in [-0.3, -0.25) is 9.59 Å². The van der Waals surface area contributed by atoms with Gasteiger partial charge in [0.1, 0.15) is 0 Å². The molecule has 1 aliphatic rings. The Morgan fingerprint density at radius 2 is 1.71 bits per heavy atom. The summed E-state index contributed by atoms with van der Waals surface area (Å²) >= 11 is 0. The topological polar surface area (TPSA) is 37.4 Å². The molecule has 0 aromatic rings. The number of rotatable bonds is 3. The number of hydrogen-bond donors (Lipinski definition) is 0. The van der Waals surface area contributed by atoms with Crippen LogP contribution in [-0.2, 0) is 9.59 Å². The summed E-state index contributed by atoms with van der Waals surface area (Å²) < 4.78 is 0. The number of nitrogens with zero attached hydrogens (tertiary/aromatic N) is 1. The molecular formula is C11H19NO2. The zero-order valence-corrected chi connectivity index (χ0v) is 9.08. The molecule has 0 atom stereocenters. The molecule has 1 aliphatic heterocycles. The Morgan fingerprint density at radius 3 is 2.21 bits per heavy atom. The van der Waals surface area contributed by atoms with Gasteiger partial charge in [0.2, 0.25) is 5.78 Å². The zero-order valence-electron chi connectivity index (χ0n) is 9.08. The Morgan fingerprint density at radius 1 is 1.14 bits per heavy atom. The maximum atomic E-state index is 11.6. The van der Waals surface area contributed by atoms with Gasteiger partial charge in [0.15, 0.2) is 0 Å². The Hall–Kier alpha value is -0.860. The molecule has 3 nitrogen and oxygen atoms in total. The van der Waals surface area contributed by atoms with Gasteiger partial charge in [-0.2, -0.15) is 0 Å². The first-order valence-corrected chi connectivity index (χ1v) is 5.43. The van der Waals surface area contributed by atoms with Crippen molar-refractivity contribution in [3.05, 3.63) is 0 Å². The molecule has 1 rings (SSSR count). The van der Waals surface area contributed by atoms with Crippen molar-refractivity contribution in [3.8, 4) is 0 Å². The van der Waals surface area contributed by atoms with Crippen LogP contribution >= 0.6 is 0 Å². The number of carbonyl (C=O) groups excluding carboxylic acids is 2. The van der Waals surface area contributed by atoms with Gasteiger partial charge in [-0.1, -0.05) is 13.8 Å². The van der Waals surface area contributed by atoms with Crippen LogP contribution in [0.3, 0.4) is 0 Å². The molecule has 0 bridgehead atoms. The van der Waals surface area contributed by atoms with Gasteiger partial charge in [-0.25, -0.2) is 0 Å². The fourth-order valence-electron chi connectivity index (χ4n) is 1.73. The Bertz CT molecular complexity index is 217. The third-order valence-electron chi connectivity index (χ3n) is 2.48. The molecule has 3 heteroatoms. The van der Waals surface area contributed by atoms with E-state index in [0.29, 0.717) is 6.42 Å². The maximum Gasteiger partial charge on any atom is 0.289 e. The van der Waals surface area contributed by atoms with Crippen molar-refractivity contribution in [1.29, 1.82) is 0 Å². The van der Waals surface area contributed by atoms with Crippen LogP contribution in [0.1, 0.15) is 39.5 Å². The predicted octanol–water partition coefficient (Wildman–Crippen LogP) is 1.61. The molecule has 0 N–H and O–H groups in total. The van der Waals surface area contributed by atoms with Crippen LogP contribution in [0, 0.1) is 5.92 Å². The molecule has 14 heavy (non-hydrogen) atoms. The van der Waals surface area contributed by atoms with Crippen LogP contribution in [-0.4, -0.2) is 29.7 Å². The Labute approximate surface area is 85.5 Å². The fourth-order valence-corrected chi connectivity index (χ4v) is 1.73. The summed E-state index contributed by atoms with van der Waals surface area (Å²) in [6.45, 7) is 5.45. The quantitative estimate of drug-likeness (QED) is 0.645. The van der Waals surface area contributed by atoms with Gasteiger partial charge in [-0.15, -0.1) is 0 Å². The third-order valence-corrected chi connectivity index (χ3v) is 2.48. The highest BCUT2D eigenvalue weighted by atomic mass is 16.2. The second-order valence-electron chi connectivity index (χ2n) is 4.37. The SMILES string of the molecule is CC(C)CC(=O)C(=O)N1CCCCC1. The summed E-state index contributed by atoms with van der Waals surface area (Å²) in [5.74, 6) is -0.212. The second kappa shape index (κ2) is 5.13. The van der Waals surface area contributed by atoms with Crippen molar-refractivity contribution < 1.29 is 9.59 Å². The number of likely N-dealkylation sites (tertiary alicyclic amines) is 1. The van der Waals surface area contributed by atoms with Crippen LogP contribution in [0.2, 0.25) is 0 Å². The van der Waals surface area contributed by atoms with E-state index in [1.165, 1.54) is 6.42 Å². The summed E-state index contributed by atoms with van der Waals surface area (Å²) in [5, 5.41) is 0. The van der Waals surface area contributed by atoms with Gasteiger partial charge < -0.3 is 4.90 Å². The van der Waals surface area contributed by atoms with Crippen molar-refractivity contribution in [2.45, 2.75) is 39.5 Å². The number of Topliss-reactive ketones (excluding diaryl/α,β-unsaturated/α-hetero) is 1. The van der Waals surface area contributed by atoms with Crippen molar-refractivity contribution >= 4 is 11.7 Å². The number of amides is 1. The van der Waals surface area contributed by atoms with Gasteiger partial charge in [0.05, 0.1) is 0 Å². The average molecular weight is 197 g/mol. The van der Waals surface area contributed by atoms with Crippen molar-refractivity contribution in [2.24, 2.45) is 5.92 Å². The summed E-state index contributed by atoms with van der Waals surface area (Å²) in [7, 11) is 0. The van der Waals surface area contributed by atoms with E-state index in [1.54, 1.807) is 4.90 Å². The van der Waals surface area contributed by atoms with Gasteiger partial charge in [0.25, 0.3) is 5.91 Å². The molecule has 0 saturated carbocycles. The lowest BCUT2D eigenvalue weighted by Gasteiger charge is -2.26. The highest BCUT2D eigenvalue weighted by Gasteiger charge is 2.23. The lowest BCUT2D eigenvalue weighted by molar-refractivity contribution is -0.145. The van der Waals surface area contributed by atoms with Crippen molar-refractivity contribution in [2.75, 3.05) is 13.1 Å². The monoisotopic (exact) mass is 197 g/mol. The van der Waals surface area contributed by atoms with E-state index in [9.17, 15) is 9.59 Å². The normalized spacial score (nSPS) is 17.2. The average Bonchev–Trinajstić information content (AvgIpc) is 2.17. The minimum absolute atomic E-state index is 0.220. The molecule has 0 aliphatic carbocycles. The third kappa shape index (κ3) is 3.13. The molecule has 0 unspecified atom stereocenters. The van der Waals surface area contributed by atoms with Gasteiger partial charge in [0, 0.05) is 19.5 Å². The molecule has 1 heterocycles. The smallest absolute Gasteiger partial charge is 0.289 e. The molecule has 1 fully saturated rings. The lowest BCUT2D eigenvalue weighted by atomic mass is 10.1. The molecule has 0 aromatic heterocycles. The summed E-state index contributed by atoms with van der Waals surface area (Å²) in [6, 6.07) is 0. The number of hydrogen-bond acceptors (Lipinski definition) is 2. The maximum absolute atomic E-state index is 11.6. The van der Waals surface area contributed by atoms with E-state index in [1.807, 2.05) is 13.8 Å². The van der Waals surface area contributed by atoms with Crippen molar-refractivity contribution in [1.82, 2.24) is 4.90 Å². The standard InChI is InChI=1S/C11H19NO2/c1-9(2)8-10(13)11(14)12-6-4-3-5-7-12/h9H,3-8H2,1-2H3. The van der Waals surface area contributed by atoms with Crippen LogP contribution < -0.4 is 0 Å². The number of carbonyl (C=O) groups is 2. The van der Waals surface area contributed by atoms with Crippen LogP contribution in [0.25, 0.3) is 0 Å². The molecule has 0 spiro atoms. The first kappa shape index (κ1) is 11.2. The number of piperidine rings is 1. The first-order chi connectivity index (χ1) is 6.61. The van der Waals surface area contributed by atoms with Crippen LogP contribution in [0.4, 0.5) is 0 Å². The summed E-state index contributed by atoms with van der Waals surface area (Å²) in [6.07, 6.45) is 3.65. The predicted molar refractivity (Wildman–Crippen MR) is 54.9 cm³/mol. The molecule has 80 valence electrons. The summed E-state index contributed by atoms with van der Waals surface area (Å²) in [5.41, 5.74) is 0. The number of ketones is 1. The van der Waals surface area contributed by atoms with E-state index < -0.39 is 0 Å². The molecule has 0 radical (unpaired) electrons. The van der Waals surface area contributed by atoms with E-state index in [-0.39, 0.29) is 17.6 Å². The molecular weight excluding hydrogens is 178 g/mol. The highest BCUT2D eigenvalue weighted by molar-refractivity contribution is 6.36. The second-order valence-corrected chi connectivity index (χ2v) is 4.37. The van der Waals surface area contributed by atoms with E-state index in [4.69, 9.17) is 0 Å². The van der Waals surface area contributed by atoms with Crippen LogP contribution in [0.5, 0.6) is 0 Å². The minimum Gasteiger partial charge on any atom is -0.336 e. The Balaban J connectivity index is 2.42. The minimum atomic E-state index is -0.265. The Kier molecular flexibility index (Phi) is 4.11. The van der Waals surface area contributed by atoms with Gasteiger partial charge >= 0.3 is 0 Å².